The molecular weight excluding hydrogens is 392 g/mol. The highest BCUT2D eigenvalue weighted by Crippen LogP contribution is 2.37. The zero-order valence-electron chi connectivity index (χ0n) is 13.5. The summed E-state index contributed by atoms with van der Waals surface area (Å²) < 4.78 is 30.0. The maximum atomic E-state index is 12.0. The monoisotopic (exact) mass is 412 g/mol. The summed E-state index contributed by atoms with van der Waals surface area (Å²) in [6.45, 7) is 2.81. The Morgan fingerprint density at radius 2 is 1.92 bits per heavy atom. The first-order valence-electron chi connectivity index (χ1n) is 7.68. The molecule has 0 atom stereocenters. The Labute approximate surface area is 151 Å². The largest absolute Gasteiger partial charge is 0.454 e. The van der Waals surface area contributed by atoms with Crippen molar-refractivity contribution in [1.29, 1.82) is 0 Å². The van der Waals surface area contributed by atoms with Crippen LogP contribution in [0.25, 0.3) is 0 Å². The average Bonchev–Trinajstić information content (AvgIpc) is 2.56. The molecule has 0 saturated carbocycles. The van der Waals surface area contributed by atoms with E-state index >= 15 is 0 Å². The molecule has 0 unspecified atom stereocenters. The van der Waals surface area contributed by atoms with Crippen LogP contribution in [0, 0.1) is 0 Å². The molecule has 0 aromatic heterocycles. The van der Waals surface area contributed by atoms with E-state index in [0.29, 0.717) is 16.8 Å². The number of ether oxygens (including phenoxy) is 1. The molecule has 0 fully saturated rings. The van der Waals surface area contributed by atoms with Crippen LogP contribution in [0.2, 0.25) is 0 Å². The molecule has 0 radical (unpaired) electrons. The molecule has 0 aliphatic heterocycles. The second kappa shape index (κ2) is 8.50. The topological polar surface area (TPSA) is 81.4 Å². The molecule has 5 nitrogen and oxygen atoms in total. The smallest absolute Gasteiger partial charge is 0.241 e. The predicted molar refractivity (Wildman–Crippen MR) is 100 cm³/mol. The van der Waals surface area contributed by atoms with E-state index < -0.39 is 10.0 Å². The Kier molecular flexibility index (Phi) is 6.65. The number of primary sulfonamides is 1. The van der Waals surface area contributed by atoms with Gasteiger partial charge in [-0.25, -0.2) is 13.6 Å². The van der Waals surface area contributed by atoms with Crippen molar-refractivity contribution >= 4 is 31.6 Å². The van der Waals surface area contributed by atoms with Crippen LogP contribution in [0.1, 0.15) is 25.3 Å². The van der Waals surface area contributed by atoms with Crippen LogP contribution in [0.3, 0.4) is 0 Å². The first-order chi connectivity index (χ1) is 11.5. The molecule has 130 valence electrons. The second-order valence-electron chi connectivity index (χ2n) is 5.34. The third kappa shape index (κ3) is 4.96. The van der Waals surface area contributed by atoms with Gasteiger partial charge in [0.2, 0.25) is 10.0 Å². The molecule has 3 N–H and O–H groups in total. The van der Waals surface area contributed by atoms with Crippen LogP contribution < -0.4 is 15.2 Å². The third-order valence-corrected chi connectivity index (χ3v) is 4.95. The van der Waals surface area contributed by atoms with Crippen LogP contribution in [0.15, 0.2) is 47.4 Å². The van der Waals surface area contributed by atoms with Gasteiger partial charge < -0.3 is 10.1 Å². The summed E-state index contributed by atoms with van der Waals surface area (Å²) in [6.07, 6.45) is 2.00. The number of nitrogens with one attached hydrogen (secondary N) is 1. The highest BCUT2D eigenvalue weighted by Gasteiger charge is 2.21. The lowest BCUT2D eigenvalue weighted by atomic mass is 10.2. The summed E-state index contributed by atoms with van der Waals surface area (Å²) in [5.74, 6) is 0.775. The summed E-state index contributed by atoms with van der Waals surface area (Å²) in [5.41, 5.74) is 1.42. The molecule has 0 amide bonds. The van der Waals surface area contributed by atoms with Crippen LogP contribution in [0.5, 0.6) is 11.5 Å². The normalized spacial score (nSPS) is 11.3. The van der Waals surface area contributed by atoms with Gasteiger partial charge in [0.05, 0.1) is 5.69 Å². The number of para-hydroxylation sites is 1. The lowest BCUT2D eigenvalue weighted by Gasteiger charge is -2.17. The van der Waals surface area contributed by atoms with E-state index in [4.69, 9.17) is 9.88 Å². The van der Waals surface area contributed by atoms with Gasteiger partial charge in [-0.2, -0.15) is 0 Å². The standard InChI is InChI=1S/C17H21BrN2O3S/c1-2-3-9-20-15-10-13(12-18)11-16(24(19,21)22)17(15)23-14-7-5-4-6-8-14/h4-8,10-11,20H,2-3,9,12H2,1H3,(H2,19,21,22). The maximum absolute atomic E-state index is 12.0. The fourth-order valence-corrected chi connectivity index (χ4v) is 3.24. The minimum atomic E-state index is -3.93. The summed E-state index contributed by atoms with van der Waals surface area (Å²) in [5, 5.41) is 9.18. The average molecular weight is 413 g/mol. The Morgan fingerprint density at radius 3 is 2.50 bits per heavy atom. The highest BCUT2D eigenvalue weighted by molar-refractivity contribution is 9.08. The van der Waals surface area contributed by atoms with Gasteiger partial charge in [0.1, 0.15) is 10.6 Å². The van der Waals surface area contributed by atoms with Gasteiger partial charge in [-0.15, -0.1) is 0 Å². The summed E-state index contributed by atoms with van der Waals surface area (Å²) in [7, 11) is -3.93. The Bertz CT molecular complexity index is 780. The lowest BCUT2D eigenvalue weighted by molar-refractivity contribution is 0.469. The molecule has 0 bridgehead atoms. The number of sulfonamides is 1. The molecule has 0 heterocycles. The minimum absolute atomic E-state index is 0.0256. The quantitative estimate of drug-likeness (QED) is 0.501. The first-order valence-corrected chi connectivity index (χ1v) is 10.3. The van der Waals surface area contributed by atoms with Gasteiger partial charge in [0, 0.05) is 11.9 Å². The number of hydrogen-bond donors (Lipinski definition) is 2. The van der Waals surface area contributed by atoms with E-state index in [0.717, 1.165) is 24.9 Å². The van der Waals surface area contributed by atoms with E-state index in [2.05, 4.69) is 28.2 Å². The van der Waals surface area contributed by atoms with Crippen molar-refractivity contribution in [2.45, 2.75) is 30.0 Å². The van der Waals surface area contributed by atoms with Gasteiger partial charge in [0.25, 0.3) is 0 Å². The van der Waals surface area contributed by atoms with E-state index in [1.54, 1.807) is 12.1 Å². The van der Waals surface area contributed by atoms with Gasteiger partial charge in [-0.05, 0) is 36.2 Å². The molecule has 2 aromatic rings. The summed E-state index contributed by atoms with van der Waals surface area (Å²) >= 11 is 3.36. The van der Waals surface area contributed by atoms with Crippen LogP contribution >= 0.6 is 15.9 Å². The van der Waals surface area contributed by atoms with Crippen molar-refractivity contribution in [2.75, 3.05) is 11.9 Å². The zero-order valence-corrected chi connectivity index (χ0v) is 15.9. The summed E-state index contributed by atoms with van der Waals surface area (Å²) in [6, 6.07) is 12.4. The Morgan fingerprint density at radius 1 is 1.21 bits per heavy atom. The number of nitrogens with two attached hydrogens (primary N) is 1. The van der Waals surface area contributed by atoms with Gasteiger partial charge in [-0.3, -0.25) is 0 Å². The number of halogens is 1. The molecule has 0 aliphatic carbocycles. The second-order valence-corrected chi connectivity index (χ2v) is 7.44. The number of hydrogen-bond acceptors (Lipinski definition) is 4. The van der Waals surface area contributed by atoms with Crippen LogP contribution in [0.4, 0.5) is 5.69 Å². The van der Waals surface area contributed by atoms with Crippen molar-refractivity contribution in [3.8, 4) is 11.5 Å². The maximum Gasteiger partial charge on any atom is 0.241 e. The molecule has 7 heteroatoms. The van der Waals surface area contributed by atoms with E-state index in [-0.39, 0.29) is 10.6 Å². The van der Waals surface area contributed by atoms with E-state index in [9.17, 15) is 8.42 Å². The number of anilines is 1. The highest BCUT2D eigenvalue weighted by atomic mass is 79.9. The first kappa shape index (κ1) is 18.8. The molecular formula is C17H21BrN2O3S. The fourth-order valence-electron chi connectivity index (χ4n) is 2.19. The summed E-state index contributed by atoms with van der Waals surface area (Å²) in [4.78, 5) is -0.0256. The number of alkyl halides is 1. The molecule has 2 aromatic carbocycles. The van der Waals surface area contributed by atoms with E-state index in [1.807, 2.05) is 24.3 Å². The minimum Gasteiger partial charge on any atom is -0.454 e. The van der Waals surface area contributed by atoms with Crippen LogP contribution in [-0.4, -0.2) is 15.0 Å². The molecule has 0 spiro atoms. The van der Waals surface area contributed by atoms with E-state index in [1.165, 1.54) is 6.07 Å². The lowest BCUT2D eigenvalue weighted by Crippen LogP contribution is -2.15. The Hall–Kier alpha value is -1.57. The van der Waals surface area contributed by atoms with Crippen LogP contribution in [-0.2, 0) is 15.4 Å². The van der Waals surface area contributed by atoms with Crippen molar-refractivity contribution in [3.05, 3.63) is 48.0 Å². The number of benzene rings is 2. The molecule has 2 rings (SSSR count). The molecule has 24 heavy (non-hydrogen) atoms. The zero-order chi connectivity index (χ0) is 17.6. The predicted octanol–water partition coefficient (Wildman–Crippen LogP) is 4.23. The van der Waals surface area contributed by atoms with Crippen molar-refractivity contribution in [1.82, 2.24) is 0 Å². The van der Waals surface area contributed by atoms with Gasteiger partial charge >= 0.3 is 0 Å². The van der Waals surface area contributed by atoms with Gasteiger partial charge in [0.15, 0.2) is 5.75 Å². The van der Waals surface area contributed by atoms with Crippen molar-refractivity contribution in [2.24, 2.45) is 5.14 Å². The molecule has 0 aliphatic rings. The third-order valence-electron chi connectivity index (χ3n) is 3.38. The number of rotatable bonds is 8. The Balaban J connectivity index is 2.53. The fraction of sp³-hybridized carbons (Fsp3) is 0.294. The number of unbranched alkanes of at least 4 members (excludes halogenated alkanes) is 1. The molecule has 0 saturated heterocycles. The van der Waals surface area contributed by atoms with Crippen molar-refractivity contribution in [3.63, 3.8) is 0 Å². The SMILES string of the molecule is CCCCNc1cc(CBr)cc(S(N)(=O)=O)c1Oc1ccccc1. The van der Waals surface area contributed by atoms with Crippen molar-refractivity contribution < 1.29 is 13.2 Å². The van der Waals surface area contributed by atoms with Gasteiger partial charge in [-0.1, -0.05) is 47.5 Å².